The molecule has 5 nitrogen and oxygen atoms in total. The molecule has 0 N–H and O–H groups in total. The SMILES string of the molecule is O=C(N1CCN(c2cnccn2)CC1)C1(c2cccc(C(F)(F)F)c2)CCCC1. The Morgan fingerprint density at radius 1 is 1.03 bits per heavy atom. The zero-order chi connectivity index (χ0) is 20.5. The number of halogens is 3. The van der Waals surface area contributed by atoms with Crippen molar-refractivity contribution in [3.8, 4) is 0 Å². The highest BCUT2D eigenvalue weighted by Crippen LogP contribution is 2.44. The molecule has 2 aromatic rings. The summed E-state index contributed by atoms with van der Waals surface area (Å²) < 4.78 is 39.7. The minimum absolute atomic E-state index is 0.0480. The Morgan fingerprint density at radius 2 is 1.76 bits per heavy atom. The molecule has 4 rings (SSSR count). The van der Waals surface area contributed by atoms with Gasteiger partial charge in [0, 0.05) is 38.6 Å². The largest absolute Gasteiger partial charge is 0.416 e. The number of piperazine rings is 1. The highest BCUT2D eigenvalue weighted by molar-refractivity contribution is 5.89. The lowest BCUT2D eigenvalue weighted by Gasteiger charge is -2.40. The predicted molar refractivity (Wildman–Crippen MR) is 102 cm³/mol. The third kappa shape index (κ3) is 3.80. The monoisotopic (exact) mass is 404 g/mol. The molecule has 1 aromatic carbocycles. The van der Waals surface area contributed by atoms with Crippen molar-refractivity contribution in [1.82, 2.24) is 14.9 Å². The van der Waals surface area contributed by atoms with Crippen molar-refractivity contribution < 1.29 is 18.0 Å². The number of hydrogen-bond acceptors (Lipinski definition) is 4. The Labute approximate surface area is 167 Å². The van der Waals surface area contributed by atoms with Gasteiger partial charge in [-0.3, -0.25) is 9.78 Å². The molecule has 1 amide bonds. The third-order valence-corrected chi connectivity index (χ3v) is 6.05. The van der Waals surface area contributed by atoms with Gasteiger partial charge in [-0.2, -0.15) is 13.2 Å². The first-order valence-electron chi connectivity index (χ1n) is 9.88. The van der Waals surface area contributed by atoms with Crippen LogP contribution in [0.15, 0.2) is 42.9 Å². The average molecular weight is 404 g/mol. The zero-order valence-electron chi connectivity index (χ0n) is 16.0. The van der Waals surface area contributed by atoms with Crippen LogP contribution in [0.1, 0.15) is 36.8 Å². The van der Waals surface area contributed by atoms with Gasteiger partial charge in [0.05, 0.1) is 17.2 Å². The van der Waals surface area contributed by atoms with E-state index in [0.717, 1.165) is 24.7 Å². The van der Waals surface area contributed by atoms with Crippen molar-refractivity contribution in [3.63, 3.8) is 0 Å². The smallest absolute Gasteiger partial charge is 0.352 e. The van der Waals surface area contributed by atoms with Crippen LogP contribution in [0.25, 0.3) is 0 Å². The van der Waals surface area contributed by atoms with E-state index in [1.54, 1.807) is 29.6 Å². The molecule has 8 heteroatoms. The van der Waals surface area contributed by atoms with E-state index in [2.05, 4.69) is 14.9 Å². The van der Waals surface area contributed by atoms with Crippen LogP contribution in [0.3, 0.4) is 0 Å². The molecule has 1 aromatic heterocycles. The Hall–Kier alpha value is -2.64. The third-order valence-electron chi connectivity index (χ3n) is 6.05. The van der Waals surface area contributed by atoms with E-state index >= 15 is 0 Å². The molecule has 154 valence electrons. The summed E-state index contributed by atoms with van der Waals surface area (Å²) in [5.74, 6) is 0.723. The summed E-state index contributed by atoms with van der Waals surface area (Å²) in [4.78, 5) is 25.8. The summed E-state index contributed by atoms with van der Waals surface area (Å²) in [6.07, 6.45) is 3.41. The molecule has 1 saturated heterocycles. The number of amides is 1. The number of nitrogens with zero attached hydrogens (tertiary/aromatic N) is 4. The first-order valence-corrected chi connectivity index (χ1v) is 9.88. The second kappa shape index (κ2) is 7.65. The van der Waals surface area contributed by atoms with E-state index in [0.29, 0.717) is 44.6 Å². The minimum atomic E-state index is -4.42. The molecule has 2 aliphatic rings. The van der Waals surface area contributed by atoms with E-state index in [1.165, 1.54) is 12.1 Å². The van der Waals surface area contributed by atoms with Gasteiger partial charge in [0.2, 0.25) is 5.91 Å². The van der Waals surface area contributed by atoms with Gasteiger partial charge in [0.1, 0.15) is 5.82 Å². The maximum atomic E-state index is 13.5. The minimum Gasteiger partial charge on any atom is -0.352 e. The number of carbonyl (C=O) groups excluding carboxylic acids is 1. The molecule has 0 radical (unpaired) electrons. The van der Waals surface area contributed by atoms with Crippen LogP contribution < -0.4 is 4.90 Å². The number of anilines is 1. The molecule has 2 fully saturated rings. The average Bonchev–Trinajstić information content (AvgIpc) is 3.25. The fraction of sp³-hybridized carbons (Fsp3) is 0.476. The van der Waals surface area contributed by atoms with Crippen LogP contribution in [0, 0.1) is 0 Å². The van der Waals surface area contributed by atoms with Gasteiger partial charge in [-0.15, -0.1) is 0 Å². The van der Waals surface area contributed by atoms with Crippen molar-refractivity contribution >= 4 is 11.7 Å². The first-order chi connectivity index (χ1) is 13.9. The standard InChI is InChI=1S/C21H23F3N4O/c22-21(23,24)17-5-3-4-16(14-17)20(6-1-2-7-20)19(29)28-12-10-27(11-13-28)18-15-25-8-9-26-18/h3-5,8-9,14-15H,1-2,6-7,10-13H2. The normalized spacial score (nSPS) is 19.4. The van der Waals surface area contributed by atoms with E-state index in [9.17, 15) is 18.0 Å². The Balaban J connectivity index is 1.54. The molecule has 1 saturated carbocycles. The van der Waals surface area contributed by atoms with Crippen molar-refractivity contribution in [3.05, 3.63) is 54.0 Å². The quantitative estimate of drug-likeness (QED) is 0.784. The van der Waals surface area contributed by atoms with Crippen LogP contribution in [0.5, 0.6) is 0 Å². The summed E-state index contributed by atoms with van der Waals surface area (Å²) in [6, 6.07) is 5.32. The van der Waals surface area contributed by atoms with E-state index in [-0.39, 0.29) is 5.91 Å². The summed E-state index contributed by atoms with van der Waals surface area (Å²) in [6.45, 7) is 2.30. The Kier molecular flexibility index (Phi) is 5.19. The van der Waals surface area contributed by atoms with E-state index in [4.69, 9.17) is 0 Å². The maximum absolute atomic E-state index is 13.5. The Bertz CT molecular complexity index is 858. The van der Waals surface area contributed by atoms with Gasteiger partial charge >= 0.3 is 6.18 Å². The second-order valence-corrected chi connectivity index (χ2v) is 7.71. The predicted octanol–water partition coefficient (Wildman–Crippen LogP) is 3.66. The molecule has 0 atom stereocenters. The molecule has 1 aliphatic carbocycles. The highest BCUT2D eigenvalue weighted by Gasteiger charge is 2.46. The van der Waals surface area contributed by atoms with Gasteiger partial charge in [-0.25, -0.2) is 4.98 Å². The van der Waals surface area contributed by atoms with Crippen LogP contribution in [0.2, 0.25) is 0 Å². The summed E-state index contributed by atoms with van der Waals surface area (Å²) in [7, 11) is 0. The number of carbonyl (C=O) groups is 1. The van der Waals surface area contributed by atoms with Crippen molar-refractivity contribution in [1.29, 1.82) is 0 Å². The number of hydrogen-bond donors (Lipinski definition) is 0. The maximum Gasteiger partial charge on any atom is 0.416 e. The lowest BCUT2D eigenvalue weighted by atomic mass is 9.76. The van der Waals surface area contributed by atoms with Crippen molar-refractivity contribution in [2.45, 2.75) is 37.3 Å². The van der Waals surface area contributed by atoms with Crippen molar-refractivity contribution in [2.24, 2.45) is 0 Å². The molecule has 0 unspecified atom stereocenters. The number of rotatable bonds is 3. The van der Waals surface area contributed by atoms with E-state index < -0.39 is 17.2 Å². The van der Waals surface area contributed by atoms with Gasteiger partial charge < -0.3 is 9.80 Å². The molecular formula is C21H23F3N4O. The molecule has 2 heterocycles. The Morgan fingerprint density at radius 3 is 2.38 bits per heavy atom. The number of benzene rings is 1. The molecule has 1 aliphatic heterocycles. The van der Waals surface area contributed by atoms with Crippen LogP contribution in [0.4, 0.5) is 19.0 Å². The number of alkyl halides is 3. The fourth-order valence-electron chi connectivity index (χ4n) is 4.49. The van der Waals surface area contributed by atoms with Gasteiger partial charge in [-0.1, -0.05) is 31.0 Å². The second-order valence-electron chi connectivity index (χ2n) is 7.71. The lowest BCUT2D eigenvalue weighted by Crippen LogP contribution is -2.54. The van der Waals surface area contributed by atoms with Crippen molar-refractivity contribution in [2.75, 3.05) is 31.1 Å². The van der Waals surface area contributed by atoms with Crippen LogP contribution in [-0.4, -0.2) is 47.0 Å². The molecular weight excluding hydrogens is 381 g/mol. The summed E-state index contributed by atoms with van der Waals surface area (Å²) in [5, 5.41) is 0. The molecule has 0 bridgehead atoms. The van der Waals surface area contributed by atoms with Crippen LogP contribution in [-0.2, 0) is 16.4 Å². The fourth-order valence-corrected chi connectivity index (χ4v) is 4.49. The lowest BCUT2D eigenvalue weighted by molar-refractivity contribution is -0.139. The number of aromatic nitrogens is 2. The highest BCUT2D eigenvalue weighted by atomic mass is 19.4. The van der Waals surface area contributed by atoms with Gasteiger partial charge in [0.15, 0.2) is 0 Å². The zero-order valence-corrected chi connectivity index (χ0v) is 16.0. The van der Waals surface area contributed by atoms with E-state index in [1.807, 2.05) is 0 Å². The topological polar surface area (TPSA) is 49.3 Å². The summed E-state index contributed by atoms with van der Waals surface area (Å²) >= 11 is 0. The molecule has 29 heavy (non-hydrogen) atoms. The summed E-state index contributed by atoms with van der Waals surface area (Å²) in [5.41, 5.74) is -1.05. The first kappa shape index (κ1) is 19.7. The molecule has 0 spiro atoms. The van der Waals surface area contributed by atoms with Crippen LogP contribution >= 0.6 is 0 Å². The van der Waals surface area contributed by atoms with Gasteiger partial charge in [-0.05, 0) is 24.5 Å². The van der Waals surface area contributed by atoms with Gasteiger partial charge in [0.25, 0.3) is 0 Å².